The molecule has 0 radical (unpaired) electrons. The highest BCUT2D eigenvalue weighted by Crippen LogP contribution is 2.23. The highest BCUT2D eigenvalue weighted by Gasteiger charge is 2.07. The molecule has 0 spiro atoms. The molecule has 0 aliphatic rings. The molecule has 13 heavy (non-hydrogen) atoms. The van der Waals surface area contributed by atoms with E-state index in [2.05, 4.69) is 21.1 Å². The standard InChI is InChI=1S/C10H8BrNO/c11-6-9-7-13-12-10(9)8-4-2-1-3-5-8/h1-5,7H,6H2. The van der Waals surface area contributed by atoms with Crippen molar-refractivity contribution in [3.8, 4) is 11.3 Å². The van der Waals surface area contributed by atoms with Gasteiger partial charge >= 0.3 is 0 Å². The van der Waals surface area contributed by atoms with Crippen LogP contribution in [0.3, 0.4) is 0 Å². The predicted octanol–water partition coefficient (Wildman–Crippen LogP) is 3.24. The van der Waals surface area contributed by atoms with Gasteiger partial charge in [-0.1, -0.05) is 51.4 Å². The second kappa shape index (κ2) is 3.75. The monoisotopic (exact) mass is 237 g/mol. The summed E-state index contributed by atoms with van der Waals surface area (Å²) < 4.78 is 4.91. The van der Waals surface area contributed by atoms with E-state index in [9.17, 15) is 0 Å². The van der Waals surface area contributed by atoms with E-state index in [4.69, 9.17) is 4.52 Å². The number of benzene rings is 1. The minimum atomic E-state index is 0.765. The Morgan fingerprint density at radius 1 is 1.23 bits per heavy atom. The number of nitrogens with zero attached hydrogens (tertiary/aromatic N) is 1. The highest BCUT2D eigenvalue weighted by atomic mass is 79.9. The molecule has 2 aromatic rings. The van der Waals surface area contributed by atoms with Crippen molar-refractivity contribution in [2.75, 3.05) is 0 Å². The van der Waals surface area contributed by atoms with Gasteiger partial charge in [0.1, 0.15) is 12.0 Å². The normalized spacial score (nSPS) is 10.2. The number of aromatic nitrogens is 1. The fourth-order valence-corrected chi connectivity index (χ4v) is 1.58. The smallest absolute Gasteiger partial charge is 0.128 e. The van der Waals surface area contributed by atoms with E-state index in [1.165, 1.54) is 0 Å². The van der Waals surface area contributed by atoms with E-state index in [1.54, 1.807) is 6.26 Å². The molecular formula is C10H8BrNO. The summed E-state index contributed by atoms with van der Waals surface area (Å²) in [5.41, 5.74) is 3.08. The fourth-order valence-electron chi connectivity index (χ4n) is 1.19. The first-order chi connectivity index (χ1) is 6.42. The van der Waals surface area contributed by atoms with Crippen LogP contribution in [-0.2, 0) is 5.33 Å². The molecule has 2 nitrogen and oxygen atoms in total. The molecule has 0 amide bonds. The molecule has 1 heterocycles. The third-order valence-electron chi connectivity index (χ3n) is 1.83. The first-order valence-corrected chi connectivity index (χ1v) is 5.08. The predicted molar refractivity (Wildman–Crippen MR) is 54.6 cm³/mol. The zero-order valence-corrected chi connectivity index (χ0v) is 8.49. The molecule has 0 aliphatic heterocycles. The van der Waals surface area contributed by atoms with Gasteiger partial charge in [-0.15, -0.1) is 0 Å². The van der Waals surface area contributed by atoms with Crippen molar-refractivity contribution in [2.45, 2.75) is 5.33 Å². The Morgan fingerprint density at radius 3 is 2.69 bits per heavy atom. The molecule has 0 bridgehead atoms. The van der Waals surface area contributed by atoms with Crippen LogP contribution >= 0.6 is 15.9 Å². The molecule has 2 rings (SSSR count). The SMILES string of the molecule is BrCc1conc1-c1ccccc1. The Balaban J connectivity index is 2.47. The van der Waals surface area contributed by atoms with Gasteiger partial charge in [0.25, 0.3) is 0 Å². The maximum Gasteiger partial charge on any atom is 0.128 e. The van der Waals surface area contributed by atoms with E-state index in [0.29, 0.717) is 0 Å². The van der Waals surface area contributed by atoms with Crippen LogP contribution < -0.4 is 0 Å². The average molecular weight is 238 g/mol. The summed E-state index contributed by atoms with van der Waals surface area (Å²) in [6.07, 6.45) is 1.66. The Morgan fingerprint density at radius 2 is 2.00 bits per heavy atom. The van der Waals surface area contributed by atoms with E-state index in [1.807, 2.05) is 30.3 Å². The molecule has 0 unspecified atom stereocenters. The number of hydrogen-bond donors (Lipinski definition) is 0. The van der Waals surface area contributed by atoms with Crippen LogP contribution in [0.4, 0.5) is 0 Å². The number of alkyl halides is 1. The van der Waals surface area contributed by atoms with Crippen LogP contribution in [0.2, 0.25) is 0 Å². The average Bonchev–Trinajstić information content (AvgIpc) is 2.67. The van der Waals surface area contributed by atoms with E-state index in [-0.39, 0.29) is 0 Å². The van der Waals surface area contributed by atoms with Crippen molar-refractivity contribution >= 4 is 15.9 Å². The van der Waals surface area contributed by atoms with Crippen molar-refractivity contribution in [1.82, 2.24) is 5.16 Å². The van der Waals surface area contributed by atoms with Crippen LogP contribution in [0.15, 0.2) is 41.1 Å². The van der Waals surface area contributed by atoms with E-state index < -0.39 is 0 Å². The lowest BCUT2D eigenvalue weighted by Crippen LogP contribution is -1.81. The van der Waals surface area contributed by atoms with Crippen LogP contribution in [-0.4, -0.2) is 5.16 Å². The van der Waals surface area contributed by atoms with Gasteiger partial charge in [-0.2, -0.15) is 0 Å². The Hall–Kier alpha value is -1.09. The second-order valence-corrected chi connectivity index (χ2v) is 3.25. The molecule has 3 heteroatoms. The molecule has 1 aromatic carbocycles. The van der Waals surface area contributed by atoms with Gasteiger partial charge < -0.3 is 4.52 Å². The maximum atomic E-state index is 4.91. The summed E-state index contributed by atoms with van der Waals surface area (Å²) in [6.45, 7) is 0. The third-order valence-corrected chi connectivity index (χ3v) is 2.44. The Bertz CT molecular complexity index is 383. The van der Waals surface area contributed by atoms with Crippen LogP contribution in [0, 0.1) is 0 Å². The van der Waals surface area contributed by atoms with E-state index in [0.717, 1.165) is 22.2 Å². The van der Waals surface area contributed by atoms with Gasteiger partial charge in [0.2, 0.25) is 0 Å². The van der Waals surface area contributed by atoms with Gasteiger partial charge in [0.15, 0.2) is 0 Å². The van der Waals surface area contributed by atoms with Crippen molar-refractivity contribution in [1.29, 1.82) is 0 Å². The topological polar surface area (TPSA) is 26.0 Å². The summed E-state index contributed by atoms with van der Waals surface area (Å²) >= 11 is 3.38. The van der Waals surface area contributed by atoms with E-state index >= 15 is 0 Å². The Labute approximate surface area is 84.7 Å². The molecular weight excluding hydrogens is 230 g/mol. The summed E-state index contributed by atoms with van der Waals surface area (Å²) in [5.74, 6) is 0. The van der Waals surface area contributed by atoms with Gasteiger partial charge in [0, 0.05) is 16.5 Å². The first-order valence-electron chi connectivity index (χ1n) is 3.96. The fraction of sp³-hybridized carbons (Fsp3) is 0.100. The Kier molecular flexibility index (Phi) is 2.45. The van der Waals surface area contributed by atoms with Crippen molar-refractivity contribution in [2.24, 2.45) is 0 Å². The van der Waals surface area contributed by atoms with Crippen molar-refractivity contribution in [3.05, 3.63) is 42.2 Å². The van der Waals surface area contributed by atoms with Gasteiger partial charge in [0.05, 0.1) is 0 Å². The summed E-state index contributed by atoms with van der Waals surface area (Å²) in [4.78, 5) is 0. The molecule has 66 valence electrons. The third kappa shape index (κ3) is 1.65. The molecule has 0 aliphatic carbocycles. The minimum absolute atomic E-state index is 0.765. The summed E-state index contributed by atoms with van der Waals surface area (Å²) in [5, 5.41) is 4.72. The number of halogens is 1. The maximum absolute atomic E-state index is 4.91. The zero-order chi connectivity index (χ0) is 9.10. The van der Waals surface area contributed by atoms with Crippen LogP contribution in [0.1, 0.15) is 5.56 Å². The largest absolute Gasteiger partial charge is 0.364 e. The van der Waals surface area contributed by atoms with Crippen LogP contribution in [0.5, 0.6) is 0 Å². The lowest BCUT2D eigenvalue weighted by molar-refractivity contribution is 0.421. The highest BCUT2D eigenvalue weighted by molar-refractivity contribution is 9.08. The molecule has 1 aromatic heterocycles. The second-order valence-electron chi connectivity index (χ2n) is 2.69. The minimum Gasteiger partial charge on any atom is -0.364 e. The van der Waals surface area contributed by atoms with Crippen LogP contribution in [0.25, 0.3) is 11.3 Å². The van der Waals surface area contributed by atoms with Gasteiger partial charge in [-0.3, -0.25) is 0 Å². The molecule has 0 N–H and O–H groups in total. The molecule has 0 fully saturated rings. The lowest BCUT2D eigenvalue weighted by Gasteiger charge is -1.96. The lowest BCUT2D eigenvalue weighted by atomic mass is 10.1. The number of rotatable bonds is 2. The zero-order valence-electron chi connectivity index (χ0n) is 6.90. The summed E-state index contributed by atoms with van der Waals surface area (Å²) in [7, 11) is 0. The first kappa shape index (κ1) is 8.51. The molecule has 0 atom stereocenters. The quantitative estimate of drug-likeness (QED) is 0.750. The van der Waals surface area contributed by atoms with Crippen molar-refractivity contribution in [3.63, 3.8) is 0 Å². The summed E-state index contributed by atoms with van der Waals surface area (Å²) in [6, 6.07) is 10.00. The molecule has 0 saturated heterocycles. The number of hydrogen-bond acceptors (Lipinski definition) is 2. The van der Waals surface area contributed by atoms with Gasteiger partial charge in [-0.05, 0) is 0 Å². The van der Waals surface area contributed by atoms with Crippen molar-refractivity contribution < 1.29 is 4.52 Å². The van der Waals surface area contributed by atoms with Gasteiger partial charge in [-0.25, -0.2) is 0 Å². The molecule has 0 saturated carbocycles.